The molecule has 0 unspecified atom stereocenters. The van der Waals surface area contributed by atoms with Crippen LogP contribution in [0.3, 0.4) is 0 Å². The van der Waals surface area contributed by atoms with Crippen molar-refractivity contribution >= 4 is 35.2 Å². The fraction of sp³-hybridized carbons (Fsp3) is 0.0294. The van der Waals surface area contributed by atoms with E-state index >= 15 is 0 Å². The fourth-order valence-electron chi connectivity index (χ4n) is 4.34. The molecule has 0 aliphatic carbocycles. The van der Waals surface area contributed by atoms with Crippen molar-refractivity contribution < 1.29 is 0 Å². The molecule has 0 bridgehead atoms. The molecule has 0 N–H and O–H groups in total. The van der Waals surface area contributed by atoms with Crippen LogP contribution in [0.25, 0.3) is 52.2 Å². The Morgan fingerprint density at radius 2 is 1.24 bits per heavy atom. The van der Waals surface area contributed by atoms with E-state index in [4.69, 9.17) is 4.98 Å². The Morgan fingerprint density at radius 3 is 1.95 bits per heavy atom. The van der Waals surface area contributed by atoms with Crippen molar-refractivity contribution in [2.24, 2.45) is 0 Å². The lowest BCUT2D eigenvalue weighted by Crippen LogP contribution is -1.99. The average Bonchev–Trinajstić information content (AvgIpc) is 3.46. The van der Waals surface area contributed by atoms with Crippen molar-refractivity contribution in [1.82, 2.24) is 20.0 Å². The SMILES string of the molecule is Cc1ccc(-c2cnnn2-c2ccc(C=Cc3ccc(C=Cc4ccc5ccccc5n4)cc3)cc2)cc1. The summed E-state index contributed by atoms with van der Waals surface area (Å²) in [5.41, 5.74) is 9.64. The molecule has 0 aliphatic rings. The molecule has 4 heteroatoms. The van der Waals surface area contributed by atoms with Gasteiger partial charge in [0.2, 0.25) is 0 Å². The van der Waals surface area contributed by atoms with Crippen LogP contribution in [0.5, 0.6) is 0 Å². The van der Waals surface area contributed by atoms with Gasteiger partial charge in [-0.05, 0) is 54.0 Å². The molecule has 0 saturated heterocycles. The lowest BCUT2D eigenvalue weighted by Gasteiger charge is -2.07. The van der Waals surface area contributed by atoms with E-state index in [2.05, 4.69) is 126 Å². The first kappa shape index (κ1) is 23.3. The topological polar surface area (TPSA) is 43.6 Å². The molecular weight excluding hydrogens is 464 g/mol. The van der Waals surface area contributed by atoms with Gasteiger partial charge in [0, 0.05) is 10.9 Å². The second kappa shape index (κ2) is 10.5. The second-order valence-electron chi connectivity index (χ2n) is 9.25. The molecule has 4 aromatic carbocycles. The van der Waals surface area contributed by atoms with Crippen LogP contribution < -0.4 is 0 Å². The molecule has 0 aliphatic heterocycles. The normalized spacial score (nSPS) is 11.6. The summed E-state index contributed by atoms with van der Waals surface area (Å²) in [6.45, 7) is 2.09. The van der Waals surface area contributed by atoms with Gasteiger partial charge in [-0.2, -0.15) is 0 Å². The minimum absolute atomic E-state index is 0.952. The summed E-state index contributed by atoms with van der Waals surface area (Å²) >= 11 is 0. The summed E-state index contributed by atoms with van der Waals surface area (Å²) in [6.07, 6.45) is 10.2. The van der Waals surface area contributed by atoms with Gasteiger partial charge in [-0.3, -0.25) is 0 Å². The number of rotatable bonds is 6. The van der Waals surface area contributed by atoms with Crippen molar-refractivity contribution in [3.8, 4) is 16.9 Å². The summed E-state index contributed by atoms with van der Waals surface area (Å²) in [5, 5.41) is 9.59. The lowest BCUT2D eigenvalue weighted by molar-refractivity contribution is 0.808. The second-order valence-corrected chi connectivity index (χ2v) is 9.25. The van der Waals surface area contributed by atoms with E-state index in [1.54, 1.807) is 6.20 Å². The van der Waals surface area contributed by atoms with E-state index < -0.39 is 0 Å². The number of benzene rings is 4. The summed E-state index contributed by atoms with van der Waals surface area (Å²) in [7, 11) is 0. The predicted octanol–water partition coefficient (Wildman–Crippen LogP) is 8.13. The molecule has 2 aromatic heterocycles. The maximum atomic E-state index is 4.71. The summed E-state index contributed by atoms with van der Waals surface area (Å²) in [5.74, 6) is 0. The van der Waals surface area contributed by atoms with Gasteiger partial charge in [0.25, 0.3) is 0 Å². The quantitative estimate of drug-likeness (QED) is 0.221. The van der Waals surface area contributed by atoms with Crippen LogP contribution in [0.4, 0.5) is 0 Å². The number of nitrogens with zero attached hydrogens (tertiary/aromatic N) is 4. The Morgan fingerprint density at radius 1 is 0.605 bits per heavy atom. The zero-order valence-corrected chi connectivity index (χ0v) is 21.1. The van der Waals surface area contributed by atoms with Gasteiger partial charge in [-0.15, -0.1) is 5.10 Å². The van der Waals surface area contributed by atoms with E-state index in [0.717, 1.165) is 50.2 Å². The number of hydrogen-bond acceptors (Lipinski definition) is 3. The number of aromatic nitrogens is 4. The monoisotopic (exact) mass is 490 g/mol. The van der Waals surface area contributed by atoms with Gasteiger partial charge in [-0.1, -0.05) is 114 Å². The van der Waals surface area contributed by atoms with Crippen LogP contribution in [-0.2, 0) is 0 Å². The number of fused-ring (bicyclic) bond motifs is 1. The maximum absolute atomic E-state index is 4.71. The highest BCUT2D eigenvalue weighted by atomic mass is 15.4. The summed E-state index contributed by atoms with van der Waals surface area (Å²) < 4.78 is 1.87. The Kier molecular flexibility index (Phi) is 6.44. The molecule has 0 radical (unpaired) electrons. The molecular formula is C34H26N4. The molecule has 0 amide bonds. The number of aryl methyl sites for hydroxylation is 1. The van der Waals surface area contributed by atoms with E-state index in [9.17, 15) is 0 Å². The van der Waals surface area contributed by atoms with Crippen LogP contribution >= 0.6 is 0 Å². The van der Waals surface area contributed by atoms with Crippen LogP contribution in [0.1, 0.15) is 27.9 Å². The Labute approximate surface area is 222 Å². The Bertz CT molecular complexity index is 1740. The van der Waals surface area contributed by atoms with E-state index in [1.165, 1.54) is 5.56 Å². The van der Waals surface area contributed by atoms with Gasteiger partial charge >= 0.3 is 0 Å². The van der Waals surface area contributed by atoms with Crippen molar-refractivity contribution in [1.29, 1.82) is 0 Å². The van der Waals surface area contributed by atoms with Gasteiger partial charge in [-0.25, -0.2) is 9.67 Å². The van der Waals surface area contributed by atoms with Gasteiger partial charge in [0.1, 0.15) is 0 Å². The molecule has 6 aromatic rings. The number of hydrogen-bond donors (Lipinski definition) is 0. The zero-order chi connectivity index (χ0) is 25.7. The summed E-state index contributed by atoms with van der Waals surface area (Å²) in [6, 6.07) is 37.6. The molecule has 2 heterocycles. The number of para-hydroxylation sites is 1. The molecule has 0 spiro atoms. The highest BCUT2D eigenvalue weighted by molar-refractivity contribution is 5.81. The van der Waals surface area contributed by atoms with Crippen LogP contribution in [0, 0.1) is 6.92 Å². The first-order valence-corrected chi connectivity index (χ1v) is 12.6. The molecule has 182 valence electrons. The van der Waals surface area contributed by atoms with Crippen molar-refractivity contribution in [2.45, 2.75) is 6.92 Å². The zero-order valence-electron chi connectivity index (χ0n) is 21.1. The van der Waals surface area contributed by atoms with E-state index in [0.29, 0.717) is 0 Å². The van der Waals surface area contributed by atoms with Crippen LogP contribution in [0.15, 0.2) is 115 Å². The third-order valence-corrected chi connectivity index (χ3v) is 6.51. The van der Waals surface area contributed by atoms with E-state index in [1.807, 2.05) is 28.9 Å². The number of pyridine rings is 1. The average molecular weight is 491 g/mol. The van der Waals surface area contributed by atoms with Crippen molar-refractivity contribution in [2.75, 3.05) is 0 Å². The molecule has 38 heavy (non-hydrogen) atoms. The largest absolute Gasteiger partial charge is 0.248 e. The maximum Gasteiger partial charge on any atom is 0.0944 e. The first-order valence-electron chi connectivity index (χ1n) is 12.6. The molecule has 6 rings (SSSR count). The van der Waals surface area contributed by atoms with Gasteiger partial charge in [0.15, 0.2) is 0 Å². The first-order chi connectivity index (χ1) is 18.7. The molecule has 0 fully saturated rings. The van der Waals surface area contributed by atoms with Crippen LogP contribution in [-0.4, -0.2) is 20.0 Å². The molecule has 0 atom stereocenters. The molecule has 4 nitrogen and oxygen atoms in total. The minimum atomic E-state index is 0.952. The standard InChI is InChI=1S/C34H26N4/c1-25-6-17-30(18-7-25)34-24-35-37-38(34)32-22-15-28(16-23-32)13-10-26-8-11-27(12-9-26)14-20-31-21-19-29-4-2-3-5-33(29)36-31/h2-24H,1H3. The summed E-state index contributed by atoms with van der Waals surface area (Å²) in [4.78, 5) is 4.71. The minimum Gasteiger partial charge on any atom is -0.248 e. The van der Waals surface area contributed by atoms with Crippen molar-refractivity contribution in [3.05, 3.63) is 143 Å². The van der Waals surface area contributed by atoms with E-state index in [-0.39, 0.29) is 0 Å². The van der Waals surface area contributed by atoms with Crippen LogP contribution in [0.2, 0.25) is 0 Å². The fourth-order valence-corrected chi connectivity index (χ4v) is 4.34. The predicted molar refractivity (Wildman–Crippen MR) is 158 cm³/mol. The third kappa shape index (κ3) is 5.20. The lowest BCUT2D eigenvalue weighted by atomic mass is 10.1. The van der Waals surface area contributed by atoms with Crippen molar-refractivity contribution in [3.63, 3.8) is 0 Å². The smallest absolute Gasteiger partial charge is 0.0944 e. The third-order valence-electron chi connectivity index (χ3n) is 6.51. The highest BCUT2D eigenvalue weighted by Gasteiger charge is 2.08. The Balaban J connectivity index is 1.12. The highest BCUT2D eigenvalue weighted by Crippen LogP contribution is 2.22. The van der Waals surface area contributed by atoms with Gasteiger partial charge < -0.3 is 0 Å². The molecule has 0 saturated carbocycles. The Hall–Kier alpha value is -5.09. The van der Waals surface area contributed by atoms with Gasteiger partial charge in [0.05, 0.1) is 28.8 Å².